The molecule has 1 aromatic rings. The molecule has 1 atom stereocenters. The van der Waals surface area contributed by atoms with E-state index in [4.69, 9.17) is 10.5 Å². The number of hydrogen-bond donors (Lipinski definition) is 1. The summed E-state index contributed by atoms with van der Waals surface area (Å²) in [7, 11) is -1.85. The van der Waals surface area contributed by atoms with E-state index < -0.39 is 9.84 Å². The first kappa shape index (κ1) is 14.8. The maximum Gasteiger partial charge on any atom is 0.180 e. The summed E-state index contributed by atoms with van der Waals surface area (Å²) in [4.78, 5) is 0.171. The molecule has 0 aromatic heterocycles. The minimum absolute atomic E-state index is 0.123. The van der Waals surface area contributed by atoms with Crippen LogP contribution >= 0.6 is 0 Å². The van der Waals surface area contributed by atoms with E-state index in [-0.39, 0.29) is 22.3 Å². The van der Waals surface area contributed by atoms with E-state index in [2.05, 4.69) is 0 Å². The third kappa shape index (κ3) is 3.63. The molecule has 0 bridgehead atoms. The lowest BCUT2D eigenvalue weighted by molar-refractivity contribution is 0.413. The third-order valence-electron chi connectivity index (χ3n) is 2.84. The van der Waals surface area contributed by atoms with Crippen LogP contribution in [0.1, 0.15) is 26.7 Å². The van der Waals surface area contributed by atoms with Gasteiger partial charge in [-0.25, -0.2) is 8.42 Å². The van der Waals surface area contributed by atoms with Crippen LogP contribution in [-0.4, -0.2) is 21.3 Å². The Morgan fingerprint density at radius 3 is 2.61 bits per heavy atom. The minimum Gasteiger partial charge on any atom is -0.497 e. The Bertz CT molecular complexity index is 497. The lowest BCUT2D eigenvalue weighted by Crippen LogP contribution is -2.15. The van der Waals surface area contributed by atoms with Gasteiger partial charge in [-0.3, -0.25) is 0 Å². The fourth-order valence-electron chi connectivity index (χ4n) is 1.95. The van der Waals surface area contributed by atoms with E-state index in [1.54, 1.807) is 12.1 Å². The summed E-state index contributed by atoms with van der Waals surface area (Å²) in [6, 6.07) is 4.71. The highest BCUT2D eigenvalue weighted by molar-refractivity contribution is 7.91. The Balaban J connectivity index is 3.04. The van der Waals surface area contributed by atoms with Crippen LogP contribution in [0, 0.1) is 5.92 Å². The number of sulfone groups is 1. The predicted octanol–water partition coefficient (Wildman–Crippen LogP) is 2.49. The second-order valence-corrected chi connectivity index (χ2v) is 6.58. The molecule has 1 rings (SSSR count). The maximum absolute atomic E-state index is 12.3. The van der Waals surface area contributed by atoms with E-state index >= 15 is 0 Å². The van der Waals surface area contributed by atoms with Crippen molar-refractivity contribution in [3.05, 3.63) is 18.2 Å². The van der Waals surface area contributed by atoms with Crippen molar-refractivity contribution in [2.24, 2.45) is 5.92 Å². The quantitative estimate of drug-likeness (QED) is 0.807. The van der Waals surface area contributed by atoms with Crippen LogP contribution in [-0.2, 0) is 9.84 Å². The molecule has 5 heteroatoms. The number of hydrogen-bond acceptors (Lipinski definition) is 4. The molecule has 1 aromatic carbocycles. The lowest BCUT2D eigenvalue weighted by atomic mass is 10.1. The summed E-state index contributed by atoms with van der Waals surface area (Å²) in [5.74, 6) is 0.759. The molecule has 1 unspecified atom stereocenters. The molecule has 2 N–H and O–H groups in total. The smallest absolute Gasteiger partial charge is 0.180 e. The molecule has 0 heterocycles. The van der Waals surface area contributed by atoms with E-state index in [1.165, 1.54) is 13.2 Å². The summed E-state index contributed by atoms with van der Waals surface area (Å²) < 4.78 is 29.6. The fourth-order valence-corrected chi connectivity index (χ4v) is 3.77. The Hall–Kier alpha value is -1.23. The van der Waals surface area contributed by atoms with Crippen molar-refractivity contribution in [1.29, 1.82) is 0 Å². The summed E-state index contributed by atoms with van der Waals surface area (Å²) in [5.41, 5.74) is 6.02. The lowest BCUT2D eigenvalue weighted by Gasteiger charge is -2.13. The zero-order valence-electron chi connectivity index (χ0n) is 11.1. The van der Waals surface area contributed by atoms with Crippen molar-refractivity contribution in [1.82, 2.24) is 0 Å². The summed E-state index contributed by atoms with van der Waals surface area (Å²) in [6.07, 6.45) is 1.87. The molecule has 0 saturated carbocycles. The fraction of sp³-hybridized carbons (Fsp3) is 0.538. The molecular weight excluding hydrogens is 250 g/mol. The van der Waals surface area contributed by atoms with E-state index in [0.29, 0.717) is 5.75 Å². The zero-order valence-corrected chi connectivity index (χ0v) is 12.0. The number of anilines is 1. The van der Waals surface area contributed by atoms with Crippen LogP contribution in [0.15, 0.2) is 23.1 Å². The van der Waals surface area contributed by atoms with Crippen LogP contribution < -0.4 is 10.5 Å². The number of nitrogens with two attached hydrogens (primary N) is 1. The molecule has 0 fully saturated rings. The largest absolute Gasteiger partial charge is 0.497 e. The van der Waals surface area contributed by atoms with Crippen molar-refractivity contribution in [2.75, 3.05) is 18.6 Å². The summed E-state index contributed by atoms with van der Waals surface area (Å²) in [6.45, 7) is 3.99. The van der Waals surface area contributed by atoms with Gasteiger partial charge < -0.3 is 10.5 Å². The Labute approximate surface area is 109 Å². The molecule has 0 saturated heterocycles. The van der Waals surface area contributed by atoms with Gasteiger partial charge in [-0.2, -0.15) is 0 Å². The summed E-state index contributed by atoms with van der Waals surface area (Å²) in [5, 5.41) is 0. The first-order valence-corrected chi connectivity index (χ1v) is 7.72. The van der Waals surface area contributed by atoms with Gasteiger partial charge in [0.2, 0.25) is 0 Å². The number of methoxy groups -OCH3 is 1. The van der Waals surface area contributed by atoms with Gasteiger partial charge in [-0.15, -0.1) is 0 Å². The van der Waals surface area contributed by atoms with E-state index in [0.717, 1.165) is 12.8 Å². The van der Waals surface area contributed by atoms with Crippen molar-refractivity contribution < 1.29 is 13.2 Å². The molecule has 4 nitrogen and oxygen atoms in total. The van der Waals surface area contributed by atoms with Gasteiger partial charge in [0, 0.05) is 6.07 Å². The normalized spacial score (nSPS) is 13.3. The average Bonchev–Trinajstić information content (AvgIpc) is 2.29. The molecule has 0 aliphatic heterocycles. The number of benzene rings is 1. The standard InChI is InChI=1S/C13H21NO3S/c1-4-5-10(2)9-18(15,16)13-8-11(17-3)6-7-12(13)14/h6-8,10H,4-5,9,14H2,1-3H3. The van der Waals surface area contributed by atoms with Crippen LogP contribution in [0.2, 0.25) is 0 Å². The Morgan fingerprint density at radius 1 is 1.39 bits per heavy atom. The van der Waals surface area contributed by atoms with Gasteiger partial charge in [0.05, 0.1) is 23.4 Å². The van der Waals surface area contributed by atoms with Gasteiger partial charge in [-0.1, -0.05) is 20.3 Å². The van der Waals surface area contributed by atoms with Crippen molar-refractivity contribution in [3.8, 4) is 5.75 Å². The van der Waals surface area contributed by atoms with Gasteiger partial charge >= 0.3 is 0 Å². The van der Waals surface area contributed by atoms with E-state index in [9.17, 15) is 8.42 Å². The van der Waals surface area contributed by atoms with Crippen molar-refractivity contribution in [2.45, 2.75) is 31.6 Å². The zero-order chi connectivity index (χ0) is 13.8. The van der Waals surface area contributed by atoms with Crippen LogP contribution in [0.4, 0.5) is 5.69 Å². The van der Waals surface area contributed by atoms with Crippen molar-refractivity contribution in [3.63, 3.8) is 0 Å². The molecule has 0 aliphatic rings. The van der Waals surface area contributed by atoms with Gasteiger partial charge in [-0.05, 0) is 24.5 Å². The maximum atomic E-state index is 12.3. The number of ether oxygens (including phenoxy) is 1. The first-order valence-electron chi connectivity index (χ1n) is 6.07. The van der Waals surface area contributed by atoms with Gasteiger partial charge in [0.1, 0.15) is 5.75 Å². The SMILES string of the molecule is CCCC(C)CS(=O)(=O)c1cc(OC)ccc1N. The molecule has 18 heavy (non-hydrogen) atoms. The Kier molecular flexibility index (Phi) is 5.02. The minimum atomic E-state index is -3.35. The Morgan fingerprint density at radius 2 is 2.06 bits per heavy atom. The highest BCUT2D eigenvalue weighted by Crippen LogP contribution is 2.26. The monoisotopic (exact) mass is 271 g/mol. The van der Waals surface area contributed by atoms with Crippen LogP contribution in [0.3, 0.4) is 0 Å². The van der Waals surface area contributed by atoms with Crippen LogP contribution in [0.5, 0.6) is 5.75 Å². The van der Waals surface area contributed by atoms with E-state index in [1.807, 2.05) is 13.8 Å². The predicted molar refractivity (Wildman–Crippen MR) is 73.5 cm³/mol. The topological polar surface area (TPSA) is 69.4 Å². The van der Waals surface area contributed by atoms with Crippen LogP contribution in [0.25, 0.3) is 0 Å². The highest BCUT2D eigenvalue weighted by atomic mass is 32.2. The molecule has 0 radical (unpaired) electrons. The van der Waals surface area contributed by atoms with Gasteiger partial charge in [0.25, 0.3) is 0 Å². The first-order chi connectivity index (χ1) is 8.40. The number of nitrogen functional groups attached to an aromatic ring is 1. The third-order valence-corrected chi connectivity index (χ3v) is 4.87. The molecule has 102 valence electrons. The number of rotatable bonds is 6. The second kappa shape index (κ2) is 6.09. The van der Waals surface area contributed by atoms with Gasteiger partial charge in [0.15, 0.2) is 9.84 Å². The molecule has 0 spiro atoms. The molecule has 0 amide bonds. The average molecular weight is 271 g/mol. The summed E-state index contributed by atoms with van der Waals surface area (Å²) >= 11 is 0. The highest BCUT2D eigenvalue weighted by Gasteiger charge is 2.21. The second-order valence-electron chi connectivity index (χ2n) is 4.58. The van der Waals surface area contributed by atoms with Crippen molar-refractivity contribution >= 4 is 15.5 Å². The molecule has 0 aliphatic carbocycles. The molecular formula is C13H21NO3S.